The Labute approximate surface area is 155 Å². The molecule has 1 fully saturated rings. The SMILES string of the molecule is CC(C)Oc1ccc(C(O)CNC(=O)C2(S(C)(=O)=O)CCNCC2)cc1. The molecular formula is C18H28N2O5S. The summed E-state index contributed by atoms with van der Waals surface area (Å²) >= 11 is 0. The predicted octanol–water partition coefficient (Wildman–Crippen LogP) is 0.790. The van der Waals surface area contributed by atoms with Gasteiger partial charge in [-0.25, -0.2) is 8.42 Å². The summed E-state index contributed by atoms with van der Waals surface area (Å²) in [5.74, 6) is 0.158. The highest BCUT2D eigenvalue weighted by atomic mass is 32.2. The van der Waals surface area contributed by atoms with Crippen LogP contribution in [0.2, 0.25) is 0 Å². The molecule has 1 aliphatic rings. The fourth-order valence-electron chi connectivity index (χ4n) is 3.11. The maximum absolute atomic E-state index is 12.6. The Morgan fingerprint density at radius 3 is 2.35 bits per heavy atom. The molecule has 0 aliphatic carbocycles. The van der Waals surface area contributed by atoms with Gasteiger partial charge >= 0.3 is 0 Å². The molecule has 1 amide bonds. The van der Waals surface area contributed by atoms with E-state index in [0.717, 1.165) is 6.26 Å². The van der Waals surface area contributed by atoms with Crippen molar-refractivity contribution in [3.05, 3.63) is 29.8 Å². The molecule has 8 heteroatoms. The number of carbonyl (C=O) groups is 1. The maximum atomic E-state index is 12.6. The van der Waals surface area contributed by atoms with Gasteiger partial charge in [0, 0.05) is 12.8 Å². The van der Waals surface area contributed by atoms with Crippen molar-refractivity contribution in [2.75, 3.05) is 25.9 Å². The first kappa shape index (κ1) is 20.7. The van der Waals surface area contributed by atoms with Crippen molar-refractivity contribution in [1.82, 2.24) is 10.6 Å². The molecule has 0 saturated carbocycles. The van der Waals surface area contributed by atoms with Crippen molar-refractivity contribution in [2.45, 2.75) is 43.6 Å². The maximum Gasteiger partial charge on any atom is 0.241 e. The van der Waals surface area contributed by atoms with Crippen LogP contribution in [0.5, 0.6) is 5.75 Å². The van der Waals surface area contributed by atoms with Crippen LogP contribution in [0.4, 0.5) is 0 Å². The summed E-state index contributed by atoms with van der Waals surface area (Å²) in [4.78, 5) is 12.6. The minimum Gasteiger partial charge on any atom is -0.491 e. The van der Waals surface area contributed by atoms with Crippen molar-refractivity contribution >= 4 is 15.7 Å². The lowest BCUT2D eigenvalue weighted by Gasteiger charge is -2.34. The van der Waals surface area contributed by atoms with Gasteiger partial charge < -0.3 is 20.5 Å². The Kier molecular flexibility index (Phi) is 6.65. The van der Waals surface area contributed by atoms with Crippen LogP contribution in [-0.4, -0.2) is 56.2 Å². The Hall–Kier alpha value is -1.64. The molecule has 0 spiro atoms. The second-order valence-electron chi connectivity index (χ2n) is 6.98. The van der Waals surface area contributed by atoms with Crippen molar-refractivity contribution in [2.24, 2.45) is 0 Å². The molecule has 2 rings (SSSR count). The zero-order chi connectivity index (χ0) is 19.4. The first-order valence-electron chi connectivity index (χ1n) is 8.79. The summed E-state index contributed by atoms with van der Waals surface area (Å²) in [7, 11) is -3.57. The van der Waals surface area contributed by atoms with E-state index in [1.54, 1.807) is 24.3 Å². The predicted molar refractivity (Wildman–Crippen MR) is 99.9 cm³/mol. The highest BCUT2D eigenvalue weighted by Crippen LogP contribution is 2.28. The Balaban J connectivity index is 2.01. The van der Waals surface area contributed by atoms with E-state index in [9.17, 15) is 18.3 Å². The second-order valence-corrected chi connectivity index (χ2v) is 9.30. The number of hydrogen-bond donors (Lipinski definition) is 3. The molecule has 0 bridgehead atoms. The third-order valence-corrected chi connectivity index (χ3v) is 6.64. The van der Waals surface area contributed by atoms with E-state index in [1.807, 2.05) is 13.8 Å². The summed E-state index contributed by atoms with van der Waals surface area (Å²) in [6, 6.07) is 6.97. The minimum absolute atomic E-state index is 0.0477. The number of amides is 1. The van der Waals surface area contributed by atoms with Gasteiger partial charge in [0.15, 0.2) is 14.6 Å². The molecular weight excluding hydrogens is 356 g/mol. The van der Waals surface area contributed by atoms with E-state index in [2.05, 4.69) is 10.6 Å². The number of nitrogens with one attached hydrogen (secondary N) is 2. The molecule has 26 heavy (non-hydrogen) atoms. The van der Waals surface area contributed by atoms with Gasteiger partial charge in [0.1, 0.15) is 5.75 Å². The smallest absolute Gasteiger partial charge is 0.241 e. The normalized spacial score (nSPS) is 18.3. The third-order valence-electron chi connectivity index (χ3n) is 4.63. The average Bonchev–Trinajstić information content (AvgIpc) is 2.59. The van der Waals surface area contributed by atoms with Gasteiger partial charge in [0.2, 0.25) is 5.91 Å². The van der Waals surface area contributed by atoms with Gasteiger partial charge in [0.25, 0.3) is 0 Å². The summed E-state index contributed by atoms with van der Waals surface area (Å²) in [5.41, 5.74) is 0.625. The molecule has 1 heterocycles. The lowest BCUT2D eigenvalue weighted by atomic mass is 9.95. The Morgan fingerprint density at radius 2 is 1.85 bits per heavy atom. The van der Waals surface area contributed by atoms with Crippen LogP contribution < -0.4 is 15.4 Å². The van der Waals surface area contributed by atoms with Crippen molar-refractivity contribution in [1.29, 1.82) is 0 Å². The summed E-state index contributed by atoms with van der Waals surface area (Å²) in [5, 5.41) is 16.0. The number of rotatable bonds is 7. The first-order chi connectivity index (χ1) is 12.2. The van der Waals surface area contributed by atoms with E-state index >= 15 is 0 Å². The van der Waals surface area contributed by atoms with Crippen molar-refractivity contribution in [3.63, 3.8) is 0 Å². The van der Waals surface area contributed by atoms with Gasteiger partial charge in [-0.2, -0.15) is 0 Å². The number of carbonyl (C=O) groups excluding carboxylic acids is 1. The number of benzene rings is 1. The molecule has 1 aromatic carbocycles. The van der Waals surface area contributed by atoms with E-state index in [-0.39, 0.29) is 25.5 Å². The molecule has 1 aromatic rings. The largest absolute Gasteiger partial charge is 0.491 e. The number of sulfone groups is 1. The molecule has 146 valence electrons. The molecule has 1 unspecified atom stereocenters. The van der Waals surface area contributed by atoms with Gasteiger partial charge in [0.05, 0.1) is 12.2 Å². The van der Waals surface area contributed by atoms with Gasteiger partial charge in [-0.3, -0.25) is 4.79 Å². The van der Waals surface area contributed by atoms with Crippen molar-refractivity contribution in [3.8, 4) is 5.75 Å². The zero-order valence-corrected chi connectivity index (χ0v) is 16.3. The fourth-order valence-corrected chi connectivity index (χ4v) is 4.46. The Morgan fingerprint density at radius 1 is 1.27 bits per heavy atom. The summed E-state index contributed by atoms with van der Waals surface area (Å²) in [6.07, 6.45) is 0.693. The molecule has 1 aliphatic heterocycles. The number of aliphatic hydroxyl groups excluding tert-OH is 1. The van der Waals surface area contributed by atoms with E-state index in [4.69, 9.17) is 4.74 Å². The first-order valence-corrected chi connectivity index (χ1v) is 10.7. The Bertz CT molecular complexity index is 710. The average molecular weight is 384 g/mol. The van der Waals surface area contributed by atoms with E-state index in [1.165, 1.54) is 0 Å². The minimum atomic E-state index is -3.57. The topological polar surface area (TPSA) is 105 Å². The van der Waals surface area contributed by atoms with Crippen LogP contribution in [0.25, 0.3) is 0 Å². The van der Waals surface area contributed by atoms with Crippen molar-refractivity contribution < 1.29 is 23.1 Å². The summed E-state index contributed by atoms with van der Waals surface area (Å²) < 4.78 is 28.6. The third kappa shape index (κ3) is 4.75. The van der Waals surface area contributed by atoms with Crippen LogP contribution in [0.15, 0.2) is 24.3 Å². The quantitative estimate of drug-likeness (QED) is 0.642. The number of piperidine rings is 1. The highest BCUT2D eigenvalue weighted by Gasteiger charge is 2.48. The number of hydrogen-bond acceptors (Lipinski definition) is 6. The molecule has 3 N–H and O–H groups in total. The monoisotopic (exact) mass is 384 g/mol. The molecule has 7 nitrogen and oxygen atoms in total. The van der Waals surface area contributed by atoms with Crippen LogP contribution in [0.1, 0.15) is 38.4 Å². The number of aliphatic hydroxyl groups is 1. The van der Waals surface area contributed by atoms with Gasteiger partial charge in [-0.05, 0) is 57.5 Å². The lowest BCUT2D eigenvalue weighted by Crippen LogP contribution is -2.57. The standard InChI is InChI=1S/C18H28N2O5S/c1-13(2)25-15-6-4-14(5-7-15)16(21)12-20-17(22)18(26(3,23)24)8-10-19-11-9-18/h4-7,13,16,19,21H,8-12H2,1-3H3,(H,20,22). The highest BCUT2D eigenvalue weighted by molar-refractivity contribution is 7.92. The number of ether oxygens (including phenoxy) is 1. The van der Waals surface area contributed by atoms with E-state index < -0.39 is 26.6 Å². The van der Waals surface area contributed by atoms with Crippen LogP contribution >= 0.6 is 0 Å². The zero-order valence-electron chi connectivity index (χ0n) is 15.5. The van der Waals surface area contributed by atoms with Crippen LogP contribution in [-0.2, 0) is 14.6 Å². The second kappa shape index (κ2) is 8.37. The van der Waals surface area contributed by atoms with Gasteiger partial charge in [-0.1, -0.05) is 12.1 Å². The molecule has 1 atom stereocenters. The molecule has 0 radical (unpaired) electrons. The fraction of sp³-hybridized carbons (Fsp3) is 0.611. The van der Waals surface area contributed by atoms with Crippen LogP contribution in [0, 0.1) is 0 Å². The lowest BCUT2D eigenvalue weighted by molar-refractivity contribution is -0.124. The molecule has 1 saturated heterocycles. The van der Waals surface area contributed by atoms with Crippen LogP contribution in [0.3, 0.4) is 0 Å². The summed E-state index contributed by atoms with van der Waals surface area (Å²) in [6.45, 7) is 4.75. The molecule has 0 aromatic heterocycles. The van der Waals surface area contributed by atoms with Gasteiger partial charge in [-0.15, -0.1) is 0 Å². The van der Waals surface area contributed by atoms with E-state index in [0.29, 0.717) is 24.4 Å².